The van der Waals surface area contributed by atoms with Crippen LogP contribution < -0.4 is 18.9 Å². The van der Waals surface area contributed by atoms with Gasteiger partial charge in [-0.25, -0.2) is 0 Å². The summed E-state index contributed by atoms with van der Waals surface area (Å²) in [4.78, 5) is 0. The number of phenols is 4. The molecule has 1 spiro atoms. The van der Waals surface area contributed by atoms with E-state index in [9.17, 15) is 20.4 Å². The van der Waals surface area contributed by atoms with Crippen molar-refractivity contribution in [3.63, 3.8) is 0 Å². The second kappa shape index (κ2) is 13.0. The van der Waals surface area contributed by atoms with Gasteiger partial charge in [-0.15, -0.1) is 0 Å². The molecule has 4 N–H and O–H groups in total. The molecule has 50 heavy (non-hydrogen) atoms. The molecule has 0 aromatic heterocycles. The Labute approximate surface area is 291 Å². The van der Waals surface area contributed by atoms with E-state index >= 15 is 0 Å². The Morgan fingerprint density at radius 2 is 1.06 bits per heavy atom. The van der Waals surface area contributed by atoms with Gasteiger partial charge in [0.05, 0.1) is 40.6 Å². The second-order valence-corrected chi connectivity index (χ2v) is 13.3. The zero-order valence-corrected chi connectivity index (χ0v) is 28.7. The highest BCUT2D eigenvalue weighted by Gasteiger charge is 2.58. The summed E-state index contributed by atoms with van der Waals surface area (Å²) in [5.41, 5.74) is 5.22. The Balaban J connectivity index is 1.37. The van der Waals surface area contributed by atoms with E-state index in [0.29, 0.717) is 35.8 Å². The lowest BCUT2D eigenvalue weighted by Gasteiger charge is -2.42. The van der Waals surface area contributed by atoms with Crippen LogP contribution in [-0.2, 0) is 9.47 Å². The molecule has 262 valence electrons. The van der Waals surface area contributed by atoms with Crippen LogP contribution >= 0.6 is 0 Å². The van der Waals surface area contributed by atoms with Gasteiger partial charge in [0.2, 0.25) is 0 Å². The van der Waals surface area contributed by atoms with E-state index in [-0.39, 0.29) is 35.0 Å². The van der Waals surface area contributed by atoms with Crippen LogP contribution in [0, 0.1) is 11.3 Å². The van der Waals surface area contributed by atoms with E-state index in [1.165, 1.54) is 28.4 Å². The summed E-state index contributed by atoms with van der Waals surface area (Å²) in [5, 5.41) is 42.1. The molecular formula is C40H42O10. The molecule has 3 aliphatic rings. The zero-order chi connectivity index (χ0) is 35.3. The lowest BCUT2D eigenvalue weighted by atomic mass is 9.59. The van der Waals surface area contributed by atoms with Gasteiger partial charge in [0.15, 0.2) is 46.0 Å². The maximum Gasteiger partial charge on any atom is 0.160 e. The first-order valence-electron chi connectivity index (χ1n) is 16.6. The van der Waals surface area contributed by atoms with Crippen LogP contribution in [0.4, 0.5) is 0 Å². The fourth-order valence-electron chi connectivity index (χ4n) is 8.29. The van der Waals surface area contributed by atoms with Crippen molar-refractivity contribution in [3.8, 4) is 46.0 Å². The van der Waals surface area contributed by atoms with Crippen molar-refractivity contribution >= 4 is 0 Å². The Hall–Kier alpha value is -5.06. The third-order valence-corrected chi connectivity index (χ3v) is 10.9. The molecule has 1 aliphatic carbocycles. The zero-order valence-electron chi connectivity index (χ0n) is 28.7. The van der Waals surface area contributed by atoms with Crippen LogP contribution in [0.15, 0.2) is 83.9 Å². The van der Waals surface area contributed by atoms with E-state index < -0.39 is 23.7 Å². The summed E-state index contributed by atoms with van der Waals surface area (Å²) in [6.07, 6.45) is 0.436. The summed E-state index contributed by atoms with van der Waals surface area (Å²) >= 11 is 0. The molecule has 6 atom stereocenters. The highest BCUT2D eigenvalue weighted by Crippen LogP contribution is 2.67. The highest BCUT2D eigenvalue weighted by molar-refractivity contribution is 5.51. The molecule has 2 aliphatic heterocycles. The van der Waals surface area contributed by atoms with Crippen molar-refractivity contribution in [2.75, 3.05) is 28.4 Å². The quantitative estimate of drug-likeness (QED) is 0.136. The number of methoxy groups -OCH3 is 4. The first-order chi connectivity index (χ1) is 24.1. The van der Waals surface area contributed by atoms with Gasteiger partial charge < -0.3 is 48.8 Å². The van der Waals surface area contributed by atoms with Crippen molar-refractivity contribution in [2.45, 2.75) is 50.6 Å². The minimum Gasteiger partial charge on any atom is -0.504 e. The molecule has 0 unspecified atom stereocenters. The Morgan fingerprint density at radius 1 is 0.560 bits per heavy atom. The lowest BCUT2D eigenvalue weighted by Crippen LogP contribution is -2.34. The Kier molecular flexibility index (Phi) is 8.69. The number of hydrogen-bond donors (Lipinski definition) is 4. The van der Waals surface area contributed by atoms with Crippen LogP contribution in [0.2, 0.25) is 0 Å². The standard InChI is InChI=1S/C40H42O10/c1-21-36(22-6-10-28(41)33(17-22)46-3)50-39(25-9-13-32(45-2)31(44)16-25)40(21)15-14-26-27(20-40)38(24-8-12-30(43)35(19-24)48-5)49-37(26)23-7-11-29(42)34(18-23)47-4/h6-13,16-19,21,36-39,41-44H,14-15,20H2,1-5H3/t21-,36-,37-,38+,39-,40-/m0/s1. The van der Waals surface area contributed by atoms with Crippen LogP contribution in [0.3, 0.4) is 0 Å². The van der Waals surface area contributed by atoms with Gasteiger partial charge in [0.1, 0.15) is 12.2 Å². The van der Waals surface area contributed by atoms with Gasteiger partial charge in [0, 0.05) is 5.41 Å². The highest BCUT2D eigenvalue weighted by atomic mass is 16.5. The average molecular weight is 683 g/mol. The van der Waals surface area contributed by atoms with Crippen molar-refractivity contribution in [1.82, 2.24) is 0 Å². The number of rotatable bonds is 8. The molecule has 4 aromatic carbocycles. The van der Waals surface area contributed by atoms with Crippen molar-refractivity contribution < 1.29 is 48.8 Å². The number of ether oxygens (including phenoxy) is 6. The summed E-state index contributed by atoms with van der Waals surface area (Å²) < 4.78 is 35.8. The van der Waals surface area contributed by atoms with Gasteiger partial charge in [-0.3, -0.25) is 0 Å². The van der Waals surface area contributed by atoms with Gasteiger partial charge in [-0.05, 0) is 107 Å². The molecular weight excluding hydrogens is 640 g/mol. The van der Waals surface area contributed by atoms with E-state index in [4.69, 9.17) is 28.4 Å². The summed E-state index contributed by atoms with van der Waals surface area (Å²) in [6, 6.07) is 21.3. The first-order valence-corrected chi connectivity index (χ1v) is 16.6. The normalized spacial score (nSPS) is 25.8. The molecule has 7 rings (SSSR count). The molecule has 10 heteroatoms. The SMILES string of the molecule is COc1ccc([C@@H]2O[C@H](c3ccc(O)c(OC)c3)[C@H](C)[C@@]23CCC2=C(C3)[C@@H](c3ccc(O)c(OC)c3)O[C@H]2c2ccc(O)c(OC)c2)cc1O. The molecule has 0 amide bonds. The summed E-state index contributed by atoms with van der Waals surface area (Å²) in [5.74, 6) is 1.58. The molecule has 0 bridgehead atoms. The smallest absolute Gasteiger partial charge is 0.160 e. The second-order valence-electron chi connectivity index (χ2n) is 13.3. The minimum absolute atomic E-state index is 0.0251. The van der Waals surface area contributed by atoms with Crippen LogP contribution in [0.1, 0.15) is 72.9 Å². The first kappa shape index (κ1) is 33.4. The molecule has 4 aromatic rings. The molecule has 10 nitrogen and oxygen atoms in total. The predicted octanol–water partition coefficient (Wildman–Crippen LogP) is 7.97. The summed E-state index contributed by atoms with van der Waals surface area (Å²) in [7, 11) is 6.08. The van der Waals surface area contributed by atoms with Crippen LogP contribution in [0.25, 0.3) is 0 Å². The van der Waals surface area contributed by atoms with E-state index in [2.05, 4.69) is 6.92 Å². The third-order valence-electron chi connectivity index (χ3n) is 10.9. The fourth-order valence-corrected chi connectivity index (χ4v) is 8.29. The molecule has 0 radical (unpaired) electrons. The average Bonchev–Trinajstić information content (AvgIpc) is 3.63. The number of phenolic OH excluding ortho intramolecular Hbond substituents is 4. The largest absolute Gasteiger partial charge is 0.504 e. The minimum atomic E-state index is -0.466. The van der Waals surface area contributed by atoms with Crippen LogP contribution in [0.5, 0.6) is 46.0 Å². The fraction of sp³-hybridized carbons (Fsp3) is 0.350. The van der Waals surface area contributed by atoms with Crippen molar-refractivity contribution in [1.29, 1.82) is 0 Å². The van der Waals surface area contributed by atoms with Gasteiger partial charge in [0.25, 0.3) is 0 Å². The third kappa shape index (κ3) is 5.43. The lowest BCUT2D eigenvalue weighted by molar-refractivity contribution is 0.00311. The number of hydrogen-bond acceptors (Lipinski definition) is 10. The molecule has 1 fully saturated rings. The number of benzene rings is 4. The Morgan fingerprint density at radius 3 is 1.60 bits per heavy atom. The summed E-state index contributed by atoms with van der Waals surface area (Å²) in [6.45, 7) is 2.20. The maximum absolute atomic E-state index is 10.9. The van der Waals surface area contributed by atoms with Gasteiger partial charge in [-0.2, -0.15) is 0 Å². The van der Waals surface area contributed by atoms with Crippen molar-refractivity contribution in [3.05, 3.63) is 106 Å². The van der Waals surface area contributed by atoms with Gasteiger partial charge in [-0.1, -0.05) is 31.2 Å². The van der Waals surface area contributed by atoms with Crippen molar-refractivity contribution in [2.24, 2.45) is 11.3 Å². The van der Waals surface area contributed by atoms with E-state index in [0.717, 1.165) is 39.8 Å². The monoisotopic (exact) mass is 682 g/mol. The van der Waals surface area contributed by atoms with E-state index in [1.54, 1.807) is 30.3 Å². The topological polar surface area (TPSA) is 136 Å². The van der Waals surface area contributed by atoms with Gasteiger partial charge >= 0.3 is 0 Å². The number of aromatic hydroxyl groups is 4. The van der Waals surface area contributed by atoms with E-state index in [1.807, 2.05) is 42.5 Å². The predicted molar refractivity (Wildman–Crippen MR) is 184 cm³/mol. The van der Waals surface area contributed by atoms with Crippen LogP contribution in [-0.4, -0.2) is 48.9 Å². The molecule has 1 saturated heterocycles. The Bertz CT molecular complexity index is 1950. The molecule has 2 heterocycles. The molecule has 0 saturated carbocycles. The maximum atomic E-state index is 10.9.